The first-order chi connectivity index (χ1) is 5.83. The minimum atomic E-state index is 1.17. The molecule has 0 aliphatic heterocycles. The number of nitrogens with zero attached hydrogens (tertiary/aromatic N) is 1. The van der Waals surface area contributed by atoms with Crippen LogP contribution in [0.5, 0.6) is 0 Å². The molecule has 1 heteroatoms. The molecule has 1 heterocycles. The van der Waals surface area contributed by atoms with E-state index < -0.39 is 0 Å². The van der Waals surface area contributed by atoms with E-state index in [1.165, 1.54) is 35.1 Å². The van der Waals surface area contributed by atoms with E-state index in [2.05, 4.69) is 24.9 Å². The maximum Gasteiger partial charge on any atom is 0.0306 e. The van der Waals surface area contributed by atoms with E-state index in [0.29, 0.717) is 0 Å². The Hall–Kier alpha value is -1.11. The molecule has 0 amide bonds. The lowest BCUT2D eigenvalue weighted by molar-refractivity contribution is 1.06. The average Bonchev–Trinajstić information content (AvgIpc) is 2.49. The second-order valence-electron chi connectivity index (χ2n) is 3.30. The molecule has 1 nitrogen and oxygen atoms in total. The summed E-state index contributed by atoms with van der Waals surface area (Å²) in [5.41, 5.74) is 5.68. The van der Waals surface area contributed by atoms with E-state index in [0.717, 1.165) is 0 Å². The Morgan fingerprint density at radius 2 is 2.17 bits per heavy atom. The van der Waals surface area contributed by atoms with Crippen LogP contribution in [0.15, 0.2) is 18.5 Å². The number of rotatable bonds is 0. The Balaban J connectivity index is 2.63. The Labute approximate surface area is 73.1 Å². The first-order valence-electron chi connectivity index (χ1n) is 4.42. The molecule has 0 saturated heterocycles. The molecular formula is C11H13N. The molecule has 0 bridgehead atoms. The van der Waals surface area contributed by atoms with Crippen LogP contribution in [0.25, 0.3) is 5.57 Å². The van der Waals surface area contributed by atoms with Crippen LogP contribution in [0.4, 0.5) is 0 Å². The summed E-state index contributed by atoms with van der Waals surface area (Å²) >= 11 is 0. The van der Waals surface area contributed by atoms with Crippen LogP contribution in [0, 0.1) is 6.92 Å². The van der Waals surface area contributed by atoms with Crippen LogP contribution in [-0.2, 0) is 6.42 Å². The number of hydrogen-bond acceptors (Lipinski definition) is 1. The van der Waals surface area contributed by atoms with Crippen LogP contribution in [-0.4, -0.2) is 4.98 Å². The van der Waals surface area contributed by atoms with Gasteiger partial charge in [-0.3, -0.25) is 4.98 Å². The van der Waals surface area contributed by atoms with Crippen LogP contribution in [0.2, 0.25) is 0 Å². The summed E-state index contributed by atoms with van der Waals surface area (Å²) in [5, 5.41) is 0. The normalized spacial score (nSPS) is 18.3. The topological polar surface area (TPSA) is 12.9 Å². The molecule has 0 saturated carbocycles. The number of aryl methyl sites for hydroxylation is 2. The van der Waals surface area contributed by atoms with Gasteiger partial charge in [0.15, 0.2) is 0 Å². The fraction of sp³-hybridized carbons (Fsp3) is 0.364. The Bertz CT molecular complexity index is 337. The standard InChI is InChI=1S/C11H13N/c1-3-9-4-5-10-7-12-6-8(2)11(9)10/h3,6-7H,4-5H2,1-2H3/b9-3-. The highest BCUT2D eigenvalue weighted by Gasteiger charge is 2.16. The third-order valence-corrected chi connectivity index (χ3v) is 2.55. The van der Waals surface area contributed by atoms with Gasteiger partial charge in [0.2, 0.25) is 0 Å². The van der Waals surface area contributed by atoms with E-state index >= 15 is 0 Å². The average molecular weight is 159 g/mol. The smallest absolute Gasteiger partial charge is 0.0306 e. The molecule has 0 unspecified atom stereocenters. The molecular weight excluding hydrogens is 146 g/mol. The summed E-state index contributed by atoms with van der Waals surface area (Å²) in [4.78, 5) is 4.20. The zero-order valence-corrected chi connectivity index (χ0v) is 7.59. The highest BCUT2D eigenvalue weighted by atomic mass is 14.6. The van der Waals surface area contributed by atoms with Crippen molar-refractivity contribution in [3.8, 4) is 0 Å². The lowest BCUT2D eigenvalue weighted by atomic mass is 10.0. The minimum Gasteiger partial charge on any atom is -0.264 e. The predicted octanol–water partition coefficient (Wildman–Crippen LogP) is 2.74. The van der Waals surface area contributed by atoms with Crippen molar-refractivity contribution >= 4 is 5.57 Å². The maximum atomic E-state index is 4.20. The van der Waals surface area contributed by atoms with Crippen molar-refractivity contribution in [1.82, 2.24) is 4.98 Å². The first kappa shape index (κ1) is 7.53. The first-order valence-corrected chi connectivity index (χ1v) is 4.42. The van der Waals surface area contributed by atoms with Crippen LogP contribution < -0.4 is 0 Å². The number of aromatic nitrogens is 1. The van der Waals surface area contributed by atoms with Crippen LogP contribution in [0.1, 0.15) is 30.0 Å². The van der Waals surface area contributed by atoms with Crippen LogP contribution in [0.3, 0.4) is 0 Å². The van der Waals surface area contributed by atoms with Gasteiger partial charge in [-0.25, -0.2) is 0 Å². The van der Waals surface area contributed by atoms with Gasteiger partial charge < -0.3 is 0 Å². The quantitative estimate of drug-likeness (QED) is 0.567. The molecule has 1 aromatic rings. The summed E-state index contributed by atoms with van der Waals surface area (Å²) in [6.45, 7) is 4.25. The van der Waals surface area contributed by atoms with E-state index in [1.807, 2.05) is 12.4 Å². The molecule has 62 valence electrons. The SMILES string of the molecule is C/C=C1/CCc2cncc(C)c21. The summed E-state index contributed by atoms with van der Waals surface area (Å²) in [7, 11) is 0. The molecule has 0 atom stereocenters. The van der Waals surface area contributed by atoms with E-state index in [-0.39, 0.29) is 0 Å². The minimum absolute atomic E-state index is 1.17. The van der Waals surface area contributed by atoms with Crippen LogP contribution >= 0.6 is 0 Å². The molecule has 1 aromatic heterocycles. The third kappa shape index (κ3) is 0.970. The third-order valence-electron chi connectivity index (χ3n) is 2.55. The largest absolute Gasteiger partial charge is 0.264 e. The summed E-state index contributed by atoms with van der Waals surface area (Å²) in [5.74, 6) is 0. The Morgan fingerprint density at radius 3 is 2.92 bits per heavy atom. The second-order valence-corrected chi connectivity index (χ2v) is 3.30. The molecule has 0 aromatic carbocycles. The van der Waals surface area contributed by atoms with Gasteiger partial charge in [0.1, 0.15) is 0 Å². The van der Waals surface area contributed by atoms with Gasteiger partial charge in [-0.1, -0.05) is 6.08 Å². The van der Waals surface area contributed by atoms with E-state index in [9.17, 15) is 0 Å². The molecule has 12 heavy (non-hydrogen) atoms. The molecule has 0 spiro atoms. The summed E-state index contributed by atoms with van der Waals surface area (Å²) < 4.78 is 0. The molecule has 0 N–H and O–H groups in total. The number of allylic oxidation sites excluding steroid dienone is 2. The molecule has 1 aliphatic carbocycles. The lowest BCUT2D eigenvalue weighted by Gasteiger charge is -2.03. The summed E-state index contributed by atoms with van der Waals surface area (Å²) in [6, 6.07) is 0. The van der Waals surface area contributed by atoms with Crippen molar-refractivity contribution in [2.24, 2.45) is 0 Å². The monoisotopic (exact) mass is 159 g/mol. The zero-order chi connectivity index (χ0) is 8.55. The van der Waals surface area contributed by atoms with Gasteiger partial charge in [-0.2, -0.15) is 0 Å². The molecule has 0 radical (unpaired) electrons. The van der Waals surface area contributed by atoms with E-state index in [4.69, 9.17) is 0 Å². The van der Waals surface area contributed by atoms with Gasteiger partial charge >= 0.3 is 0 Å². The maximum absolute atomic E-state index is 4.20. The summed E-state index contributed by atoms with van der Waals surface area (Å²) in [6.07, 6.45) is 8.54. The van der Waals surface area contributed by atoms with Crippen molar-refractivity contribution in [2.75, 3.05) is 0 Å². The second kappa shape index (κ2) is 2.74. The van der Waals surface area contributed by atoms with Gasteiger partial charge in [0.05, 0.1) is 0 Å². The van der Waals surface area contributed by atoms with Gasteiger partial charge in [-0.15, -0.1) is 0 Å². The fourth-order valence-electron chi connectivity index (χ4n) is 1.95. The highest BCUT2D eigenvalue weighted by Crippen LogP contribution is 2.33. The Morgan fingerprint density at radius 1 is 1.33 bits per heavy atom. The van der Waals surface area contributed by atoms with Gasteiger partial charge in [-0.05, 0) is 49.0 Å². The Kier molecular flexibility index (Phi) is 1.72. The van der Waals surface area contributed by atoms with E-state index in [1.54, 1.807) is 0 Å². The molecule has 0 fully saturated rings. The van der Waals surface area contributed by atoms with Gasteiger partial charge in [0.25, 0.3) is 0 Å². The van der Waals surface area contributed by atoms with Crippen molar-refractivity contribution in [3.05, 3.63) is 35.2 Å². The highest BCUT2D eigenvalue weighted by molar-refractivity contribution is 5.74. The van der Waals surface area contributed by atoms with Crippen molar-refractivity contribution in [2.45, 2.75) is 26.7 Å². The zero-order valence-electron chi connectivity index (χ0n) is 7.59. The number of hydrogen-bond donors (Lipinski definition) is 0. The predicted molar refractivity (Wildman–Crippen MR) is 50.9 cm³/mol. The molecule has 2 rings (SSSR count). The van der Waals surface area contributed by atoms with Crippen molar-refractivity contribution < 1.29 is 0 Å². The number of fused-ring (bicyclic) bond motifs is 1. The van der Waals surface area contributed by atoms with Crippen molar-refractivity contribution in [1.29, 1.82) is 0 Å². The number of pyridine rings is 1. The lowest BCUT2D eigenvalue weighted by Crippen LogP contribution is -1.87. The fourth-order valence-corrected chi connectivity index (χ4v) is 1.95. The van der Waals surface area contributed by atoms with Gasteiger partial charge in [0, 0.05) is 12.4 Å². The van der Waals surface area contributed by atoms with Crippen molar-refractivity contribution in [3.63, 3.8) is 0 Å². The molecule has 1 aliphatic rings.